The summed E-state index contributed by atoms with van der Waals surface area (Å²) in [7, 11) is 0. The quantitative estimate of drug-likeness (QED) is 0.721. The third kappa shape index (κ3) is 2.79. The van der Waals surface area contributed by atoms with Crippen LogP contribution in [-0.4, -0.2) is 68.4 Å². The molecule has 2 heterocycles. The van der Waals surface area contributed by atoms with Crippen LogP contribution >= 0.6 is 23.2 Å². The van der Waals surface area contributed by atoms with Crippen molar-refractivity contribution in [3.63, 3.8) is 0 Å². The van der Waals surface area contributed by atoms with Crippen LogP contribution in [0.15, 0.2) is 12.1 Å². The Labute approximate surface area is 161 Å². The van der Waals surface area contributed by atoms with Gasteiger partial charge in [-0.3, -0.25) is 9.69 Å². The van der Waals surface area contributed by atoms with Gasteiger partial charge >= 0.3 is 0 Å². The van der Waals surface area contributed by atoms with E-state index in [2.05, 4.69) is 0 Å². The molecule has 0 aromatic heterocycles. The highest BCUT2D eigenvalue weighted by atomic mass is 35.5. The number of aromatic hydroxyl groups is 1. The van der Waals surface area contributed by atoms with Gasteiger partial charge in [-0.2, -0.15) is 0 Å². The number of rotatable bonds is 3. The molecular weight excluding hydrogens is 379 g/mol. The molecule has 1 aromatic rings. The average Bonchev–Trinajstić information content (AvgIpc) is 3.07. The lowest BCUT2D eigenvalue weighted by molar-refractivity contribution is -0.160. The van der Waals surface area contributed by atoms with Gasteiger partial charge in [0.25, 0.3) is 0 Å². The zero-order chi connectivity index (χ0) is 18.6. The number of halogens is 2. The largest absolute Gasteiger partial charge is 0.508 e. The number of piperazine rings is 1. The lowest BCUT2D eigenvalue weighted by atomic mass is 9.73. The molecule has 3 fully saturated rings. The zero-order valence-corrected chi connectivity index (χ0v) is 15.7. The second-order valence-corrected chi connectivity index (χ2v) is 8.44. The van der Waals surface area contributed by atoms with E-state index in [9.17, 15) is 20.1 Å². The Morgan fingerprint density at radius 2 is 2.00 bits per heavy atom. The van der Waals surface area contributed by atoms with Crippen LogP contribution in [0.25, 0.3) is 0 Å². The average molecular weight is 401 g/mol. The first-order valence-corrected chi connectivity index (χ1v) is 9.65. The number of hydrogen-bond donors (Lipinski definition) is 3. The Morgan fingerprint density at radius 1 is 1.27 bits per heavy atom. The summed E-state index contributed by atoms with van der Waals surface area (Å²) >= 11 is 12.7. The molecule has 1 amide bonds. The van der Waals surface area contributed by atoms with Gasteiger partial charge in [0.1, 0.15) is 5.75 Å². The summed E-state index contributed by atoms with van der Waals surface area (Å²) in [6, 6.07) is 2.66. The predicted molar refractivity (Wildman–Crippen MR) is 97.4 cm³/mol. The van der Waals surface area contributed by atoms with Gasteiger partial charge in [-0.15, -0.1) is 0 Å². The zero-order valence-electron chi connectivity index (χ0n) is 14.2. The molecule has 3 aliphatic rings. The van der Waals surface area contributed by atoms with Gasteiger partial charge in [-0.05, 0) is 37.8 Å². The minimum atomic E-state index is -1.09. The van der Waals surface area contributed by atoms with E-state index in [4.69, 9.17) is 23.2 Å². The van der Waals surface area contributed by atoms with E-state index < -0.39 is 5.60 Å². The number of phenols is 1. The van der Waals surface area contributed by atoms with Crippen LogP contribution in [-0.2, 0) is 4.79 Å². The Balaban J connectivity index is 1.75. The molecule has 0 bridgehead atoms. The van der Waals surface area contributed by atoms with Crippen molar-refractivity contribution in [1.82, 2.24) is 9.80 Å². The number of phenolic OH excluding ortho intramolecular Hbond substituents is 1. The van der Waals surface area contributed by atoms with Crippen molar-refractivity contribution in [2.75, 3.05) is 19.7 Å². The molecule has 0 spiro atoms. The van der Waals surface area contributed by atoms with E-state index in [0.717, 1.165) is 12.8 Å². The molecule has 8 heteroatoms. The molecule has 2 aliphatic heterocycles. The molecule has 1 aliphatic carbocycles. The van der Waals surface area contributed by atoms with E-state index >= 15 is 0 Å². The fourth-order valence-corrected chi connectivity index (χ4v) is 5.17. The van der Waals surface area contributed by atoms with Crippen LogP contribution in [0, 0.1) is 0 Å². The number of nitrogens with zero attached hydrogens (tertiary/aromatic N) is 2. The molecule has 1 saturated carbocycles. The van der Waals surface area contributed by atoms with Crippen molar-refractivity contribution in [2.45, 2.75) is 49.4 Å². The van der Waals surface area contributed by atoms with Crippen LogP contribution in [0.4, 0.5) is 0 Å². The molecular formula is C18H22Cl2N2O4. The number of carbonyl (C=O) groups excluding carboxylic acids is 1. The summed E-state index contributed by atoms with van der Waals surface area (Å²) in [5.41, 5.74) is -0.548. The molecule has 3 N–H and O–H groups in total. The molecule has 2 saturated heterocycles. The van der Waals surface area contributed by atoms with Crippen molar-refractivity contribution in [3.05, 3.63) is 27.7 Å². The van der Waals surface area contributed by atoms with E-state index in [0.29, 0.717) is 35.0 Å². The summed E-state index contributed by atoms with van der Waals surface area (Å²) in [6.07, 6.45) is 2.51. The summed E-state index contributed by atoms with van der Waals surface area (Å²) in [5, 5.41) is 30.8. The number of hydrogen-bond acceptors (Lipinski definition) is 5. The molecule has 0 radical (unpaired) electrons. The first-order valence-electron chi connectivity index (χ1n) is 8.90. The highest BCUT2D eigenvalue weighted by Crippen LogP contribution is 2.49. The van der Waals surface area contributed by atoms with Gasteiger partial charge in [0.2, 0.25) is 5.91 Å². The maximum absolute atomic E-state index is 12.6. The summed E-state index contributed by atoms with van der Waals surface area (Å²) < 4.78 is 0. The Morgan fingerprint density at radius 3 is 2.69 bits per heavy atom. The Bertz CT molecular complexity index is 738. The lowest BCUT2D eigenvalue weighted by Crippen LogP contribution is -2.64. The predicted octanol–water partition coefficient (Wildman–Crippen LogP) is 1.93. The molecule has 26 heavy (non-hydrogen) atoms. The molecule has 6 nitrogen and oxygen atoms in total. The third-order valence-corrected chi connectivity index (χ3v) is 6.88. The summed E-state index contributed by atoms with van der Waals surface area (Å²) in [5.74, 6) is 0.119. The van der Waals surface area contributed by atoms with Crippen molar-refractivity contribution in [3.8, 4) is 5.75 Å². The maximum atomic E-state index is 12.6. The number of aliphatic hydroxyl groups excluding tert-OH is 1. The van der Waals surface area contributed by atoms with Gasteiger partial charge in [-0.25, -0.2) is 0 Å². The molecule has 4 rings (SSSR count). The topological polar surface area (TPSA) is 84.2 Å². The highest BCUT2D eigenvalue weighted by molar-refractivity contribution is 6.42. The van der Waals surface area contributed by atoms with Crippen molar-refractivity contribution in [2.24, 2.45) is 0 Å². The summed E-state index contributed by atoms with van der Waals surface area (Å²) in [4.78, 5) is 16.5. The molecule has 1 aromatic carbocycles. The van der Waals surface area contributed by atoms with Crippen LogP contribution in [0.1, 0.15) is 37.3 Å². The fourth-order valence-electron chi connectivity index (χ4n) is 4.73. The smallest absolute Gasteiger partial charge is 0.237 e. The van der Waals surface area contributed by atoms with Crippen molar-refractivity contribution >= 4 is 29.1 Å². The van der Waals surface area contributed by atoms with Crippen molar-refractivity contribution < 1.29 is 20.1 Å². The minimum Gasteiger partial charge on any atom is -0.508 e. The second-order valence-electron chi connectivity index (χ2n) is 7.65. The lowest BCUT2D eigenvalue weighted by Gasteiger charge is -2.54. The monoisotopic (exact) mass is 400 g/mol. The first-order chi connectivity index (χ1) is 12.3. The summed E-state index contributed by atoms with van der Waals surface area (Å²) in [6.45, 7) is 0.613. The first kappa shape index (κ1) is 18.3. The SMILES string of the molecule is O=C1CN(C2CC(O)(CO)C2)C(c2c(O)ccc(Cl)c2Cl)[C@@H]2CCCN12. The fraction of sp³-hybridized carbons (Fsp3) is 0.611. The Kier molecular flexibility index (Phi) is 4.60. The van der Waals surface area contributed by atoms with Gasteiger partial charge in [-0.1, -0.05) is 23.2 Å². The van der Waals surface area contributed by atoms with Crippen LogP contribution in [0.2, 0.25) is 10.0 Å². The van der Waals surface area contributed by atoms with Crippen molar-refractivity contribution in [1.29, 1.82) is 0 Å². The van der Waals surface area contributed by atoms with Gasteiger partial charge in [0, 0.05) is 18.2 Å². The van der Waals surface area contributed by atoms with E-state index in [1.807, 2.05) is 9.80 Å². The number of benzene rings is 1. The van der Waals surface area contributed by atoms with Gasteiger partial charge in [0.05, 0.1) is 40.9 Å². The minimum absolute atomic E-state index is 0.0563. The highest BCUT2D eigenvalue weighted by Gasteiger charge is 2.53. The molecule has 2 atom stereocenters. The number of fused-ring (bicyclic) bond motifs is 1. The second kappa shape index (κ2) is 6.53. The van der Waals surface area contributed by atoms with E-state index in [-0.39, 0.29) is 42.9 Å². The van der Waals surface area contributed by atoms with E-state index in [1.54, 1.807) is 6.07 Å². The standard InChI is InChI=1S/C18H22Cl2N2O4/c19-11-3-4-13(24)15(16(11)20)17-12-2-1-5-21(12)14(25)8-22(17)10-6-18(26,7-10)9-23/h3-4,10,12,17,23-24,26H,1-2,5-9H2/t10?,12-,17?,18?/m0/s1. The van der Waals surface area contributed by atoms with Gasteiger partial charge < -0.3 is 20.2 Å². The maximum Gasteiger partial charge on any atom is 0.237 e. The number of aliphatic hydroxyl groups is 2. The van der Waals surface area contributed by atoms with Gasteiger partial charge in [0.15, 0.2) is 0 Å². The normalized spacial score (nSPS) is 34.7. The third-order valence-electron chi connectivity index (χ3n) is 6.06. The van der Waals surface area contributed by atoms with Crippen LogP contribution in [0.3, 0.4) is 0 Å². The van der Waals surface area contributed by atoms with E-state index in [1.165, 1.54) is 6.07 Å². The van der Waals surface area contributed by atoms with Crippen LogP contribution in [0.5, 0.6) is 5.75 Å². The molecule has 1 unspecified atom stereocenters. The Hall–Kier alpha value is -1.05. The molecule has 142 valence electrons. The van der Waals surface area contributed by atoms with Crippen LogP contribution < -0.4 is 0 Å². The number of amides is 1. The number of carbonyl (C=O) groups is 1.